The van der Waals surface area contributed by atoms with Crippen LogP contribution < -0.4 is 0 Å². The summed E-state index contributed by atoms with van der Waals surface area (Å²) in [7, 11) is 1.74. The van der Waals surface area contributed by atoms with Gasteiger partial charge in [0.25, 0.3) is 0 Å². The standard InChI is InChI=1S/C10H12N2/c1-4-9-5-8(2)12-7-10(9)6-11-3/h4-7H,1H2,2-3H3. The molecule has 0 saturated heterocycles. The quantitative estimate of drug-likeness (QED) is 0.608. The second kappa shape index (κ2) is 3.81. The molecule has 0 atom stereocenters. The van der Waals surface area contributed by atoms with E-state index in [2.05, 4.69) is 16.6 Å². The molecule has 0 aliphatic rings. The van der Waals surface area contributed by atoms with Crippen molar-refractivity contribution in [2.45, 2.75) is 6.92 Å². The van der Waals surface area contributed by atoms with Gasteiger partial charge in [-0.2, -0.15) is 0 Å². The minimum absolute atomic E-state index is 0.998. The maximum Gasteiger partial charge on any atom is 0.0379 e. The third kappa shape index (κ3) is 1.78. The van der Waals surface area contributed by atoms with Gasteiger partial charge in [-0.25, -0.2) is 0 Å². The molecule has 2 heteroatoms. The number of aromatic nitrogens is 1. The number of pyridine rings is 1. The Hall–Kier alpha value is -1.44. The summed E-state index contributed by atoms with van der Waals surface area (Å²) in [6, 6.07) is 1.99. The number of hydrogen-bond acceptors (Lipinski definition) is 2. The highest BCUT2D eigenvalue weighted by atomic mass is 14.7. The van der Waals surface area contributed by atoms with Crippen molar-refractivity contribution in [2.75, 3.05) is 7.05 Å². The molecule has 1 aromatic rings. The van der Waals surface area contributed by atoms with E-state index in [9.17, 15) is 0 Å². The number of aliphatic imine (C=N–C) groups is 1. The molecule has 0 aromatic carbocycles. The summed E-state index contributed by atoms with van der Waals surface area (Å²) in [4.78, 5) is 8.10. The van der Waals surface area contributed by atoms with Crippen molar-refractivity contribution in [1.82, 2.24) is 4.98 Å². The van der Waals surface area contributed by atoms with Gasteiger partial charge >= 0.3 is 0 Å². The molecule has 0 fully saturated rings. The molecule has 0 unspecified atom stereocenters. The first-order chi connectivity index (χ1) is 5.77. The normalized spacial score (nSPS) is 10.5. The smallest absolute Gasteiger partial charge is 0.0379 e. The van der Waals surface area contributed by atoms with Crippen molar-refractivity contribution >= 4 is 12.3 Å². The Bertz CT molecular complexity index is 314. The van der Waals surface area contributed by atoms with Crippen LogP contribution in [0.1, 0.15) is 16.8 Å². The van der Waals surface area contributed by atoms with Gasteiger partial charge in [0.2, 0.25) is 0 Å². The van der Waals surface area contributed by atoms with Crippen LogP contribution in [0.4, 0.5) is 0 Å². The first kappa shape index (κ1) is 8.65. The number of nitrogens with zero attached hydrogens (tertiary/aromatic N) is 2. The van der Waals surface area contributed by atoms with Gasteiger partial charge in [0.15, 0.2) is 0 Å². The lowest BCUT2D eigenvalue weighted by Gasteiger charge is -1.99. The Labute approximate surface area is 72.7 Å². The van der Waals surface area contributed by atoms with E-state index in [1.165, 1.54) is 0 Å². The van der Waals surface area contributed by atoms with E-state index >= 15 is 0 Å². The molecule has 0 aliphatic heterocycles. The number of rotatable bonds is 2. The van der Waals surface area contributed by atoms with E-state index in [-0.39, 0.29) is 0 Å². The molecule has 1 aromatic heterocycles. The predicted molar refractivity (Wildman–Crippen MR) is 52.6 cm³/mol. The monoisotopic (exact) mass is 160 g/mol. The summed E-state index contributed by atoms with van der Waals surface area (Å²) in [6.45, 7) is 5.68. The summed E-state index contributed by atoms with van der Waals surface area (Å²) in [5.41, 5.74) is 3.09. The van der Waals surface area contributed by atoms with Crippen molar-refractivity contribution in [3.05, 3.63) is 35.7 Å². The molecule has 2 nitrogen and oxygen atoms in total. The Morgan fingerprint density at radius 2 is 2.25 bits per heavy atom. The van der Waals surface area contributed by atoms with Gasteiger partial charge in [0, 0.05) is 30.7 Å². The van der Waals surface area contributed by atoms with Crippen molar-refractivity contribution in [3.8, 4) is 0 Å². The van der Waals surface area contributed by atoms with Crippen LogP contribution in [0.2, 0.25) is 0 Å². The number of aryl methyl sites for hydroxylation is 1. The molecular weight excluding hydrogens is 148 g/mol. The van der Waals surface area contributed by atoms with Gasteiger partial charge in [0.05, 0.1) is 0 Å². The zero-order chi connectivity index (χ0) is 8.97. The van der Waals surface area contributed by atoms with E-state index in [0.29, 0.717) is 0 Å². The van der Waals surface area contributed by atoms with Crippen LogP contribution >= 0.6 is 0 Å². The maximum atomic E-state index is 4.17. The van der Waals surface area contributed by atoms with Crippen LogP contribution in [0, 0.1) is 6.92 Å². The lowest BCUT2D eigenvalue weighted by Crippen LogP contribution is -1.90. The second-order valence-corrected chi connectivity index (χ2v) is 2.55. The van der Waals surface area contributed by atoms with Crippen molar-refractivity contribution in [3.63, 3.8) is 0 Å². The lowest BCUT2D eigenvalue weighted by atomic mass is 10.1. The van der Waals surface area contributed by atoms with E-state index in [0.717, 1.165) is 16.8 Å². The first-order valence-electron chi connectivity index (χ1n) is 3.79. The molecule has 1 heterocycles. The van der Waals surface area contributed by atoms with Crippen LogP contribution in [0.5, 0.6) is 0 Å². The van der Waals surface area contributed by atoms with Gasteiger partial charge < -0.3 is 0 Å². The Kier molecular flexibility index (Phi) is 2.75. The zero-order valence-corrected chi connectivity index (χ0v) is 7.41. The molecule has 0 saturated carbocycles. The van der Waals surface area contributed by atoms with Gasteiger partial charge in [-0.1, -0.05) is 12.7 Å². The Balaban J connectivity index is 3.19. The minimum atomic E-state index is 0.998. The minimum Gasteiger partial charge on any atom is -0.296 e. The van der Waals surface area contributed by atoms with Crippen LogP contribution in [0.15, 0.2) is 23.8 Å². The van der Waals surface area contributed by atoms with Gasteiger partial charge in [-0.15, -0.1) is 0 Å². The summed E-state index contributed by atoms with van der Waals surface area (Å²) in [5, 5.41) is 0. The highest BCUT2D eigenvalue weighted by molar-refractivity contribution is 5.84. The number of hydrogen-bond donors (Lipinski definition) is 0. The van der Waals surface area contributed by atoms with Gasteiger partial charge in [-0.05, 0) is 18.6 Å². The van der Waals surface area contributed by atoms with Crippen LogP contribution in [0.25, 0.3) is 6.08 Å². The Morgan fingerprint density at radius 3 is 2.83 bits per heavy atom. The summed E-state index contributed by atoms with van der Waals surface area (Å²) in [6.07, 6.45) is 5.40. The topological polar surface area (TPSA) is 25.2 Å². The third-order valence-corrected chi connectivity index (χ3v) is 1.59. The molecule has 0 bridgehead atoms. The second-order valence-electron chi connectivity index (χ2n) is 2.55. The van der Waals surface area contributed by atoms with E-state index < -0.39 is 0 Å². The molecule has 0 amide bonds. The van der Waals surface area contributed by atoms with E-state index in [1.807, 2.05) is 19.1 Å². The highest BCUT2D eigenvalue weighted by Gasteiger charge is 1.96. The first-order valence-corrected chi connectivity index (χ1v) is 3.79. The zero-order valence-electron chi connectivity index (χ0n) is 7.41. The van der Waals surface area contributed by atoms with Gasteiger partial charge in [-0.3, -0.25) is 9.98 Å². The fourth-order valence-corrected chi connectivity index (χ4v) is 1.02. The SMILES string of the molecule is C=Cc1cc(C)ncc1C=NC. The van der Waals surface area contributed by atoms with E-state index in [4.69, 9.17) is 0 Å². The molecule has 0 aliphatic carbocycles. The maximum absolute atomic E-state index is 4.17. The molecule has 0 spiro atoms. The largest absolute Gasteiger partial charge is 0.296 e. The summed E-state index contributed by atoms with van der Waals surface area (Å²) in [5.74, 6) is 0. The van der Waals surface area contributed by atoms with Crippen molar-refractivity contribution < 1.29 is 0 Å². The van der Waals surface area contributed by atoms with Crippen LogP contribution in [-0.4, -0.2) is 18.2 Å². The van der Waals surface area contributed by atoms with Crippen molar-refractivity contribution in [1.29, 1.82) is 0 Å². The fourth-order valence-electron chi connectivity index (χ4n) is 1.02. The Morgan fingerprint density at radius 1 is 1.50 bits per heavy atom. The molecule has 0 radical (unpaired) electrons. The van der Waals surface area contributed by atoms with Crippen molar-refractivity contribution in [2.24, 2.45) is 4.99 Å². The summed E-state index contributed by atoms with van der Waals surface area (Å²) < 4.78 is 0. The molecule has 0 N–H and O–H groups in total. The van der Waals surface area contributed by atoms with E-state index in [1.54, 1.807) is 19.5 Å². The summed E-state index contributed by atoms with van der Waals surface area (Å²) >= 11 is 0. The highest BCUT2D eigenvalue weighted by Crippen LogP contribution is 2.08. The molecular formula is C10H12N2. The average Bonchev–Trinajstić information content (AvgIpc) is 2.08. The molecule has 1 rings (SSSR count). The van der Waals surface area contributed by atoms with Crippen LogP contribution in [0.3, 0.4) is 0 Å². The fraction of sp³-hybridized carbons (Fsp3) is 0.200. The molecule has 12 heavy (non-hydrogen) atoms. The predicted octanol–water partition coefficient (Wildman–Crippen LogP) is 2.08. The average molecular weight is 160 g/mol. The molecule has 62 valence electrons. The lowest BCUT2D eigenvalue weighted by molar-refractivity contribution is 1.19. The van der Waals surface area contributed by atoms with Crippen LogP contribution in [-0.2, 0) is 0 Å². The van der Waals surface area contributed by atoms with Gasteiger partial charge in [0.1, 0.15) is 0 Å². The third-order valence-electron chi connectivity index (χ3n) is 1.59.